The molecule has 1 aliphatic rings. The van der Waals surface area contributed by atoms with E-state index in [1.54, 1.807) is 12.5 Å². The maximum atomic E-state index is 4.29. The molecule has 0 amide bonds. The summed E-state index contributed by atoms with van der Waals surface area (Å²) in [6, 6.07) is 2.60. The van der Waals surface area contributed by atoms with Crippen molar-refractivity contribution in [2.24, 2.45) is 0 Å². The molecule has 0 aromatic carbocycles. The second-order valence-corrected chi connectivity index (χ2v) is 3.57. The number of rotatable bonds is 4. The second kappa shape index (κ2) is 4.37. The second-order valence-electron chi connectivity index (χ2n) is 3.57. The van der Waals surface area contributed by atoms with E-state index in [4.69, 9.17) is 0 Å². The summed E-state index contributed by atoms with van der Waals surface area (Å²) in [5, 5.41) is 3.28. The summed E-state index contributed by atoms with van der Waals surface area (Å²) < 4.78 is 0. The Kier molecular flexibility index (Phi) is 2.93. The van der Waals surface area contributed by atoms with Crippen LogP contribution in [0.2, 0.25) is 0 Å². The molecular formula is C10H16N4. The molecule has 1 fully saturated rings. The van der Waals surface area contributed by atoms with E-state index in [1.807, 2.05) is 6.07 Å². The molecule has 1 aromatic heterocycles. The molecule has 76 valence electrons. The van der Waals surface area contributed by atoms with Crippen LogP contribution in [0.1, 0.15) is 13.3 Å². The van der Waals surface area contributed by atoms with Crippen LogP contribution in [-0.2, 0) is 0 Å². The van der Waals surface area contributed by atoms with Gasteiger partial charge in [-0.25, -0.2) is 9.97 Å². The van der Waals surface area contributed by atoms with E-state index in [9.17, 15) is 0 Å². The van der Waals surface area contributed by atoms with Gasteiger partial charge in [0.1, 0.15) is 12.1 Å². The fraction of sp³-hybridized carbons (Fsp3) is 0.600. The molecule has 1 aromatic rings. The number of anilines is 1. The highest BCUT2D eigenvalue weighted by molar-refractivity contribution is 5.39. The molecule has 2 heterocycles. The van der Waals surface area contributed by atoms with E-state index in [2.05, 4.69) is 27.1 Å². The van der Waals surface area contributed by atoms with Crippen molar-refractivity contribution in [3.8, 4) is 0 Å². The van der Waals surface area contributed by atoms with Gasteiger partial charge in [0.25, 0.3) is 0 Å². The molecule has 2 rings (SSSR count). The Morgan fingerprint density at radius 2 is 2.43 bits per heavy atom. The third-order valence-corrected chi connectivity index (χ3v) is 2.53. The normalized spacial score (nSPS) is 16.4. The van der Waals surface area contributed by atoms with Gasteiger partial charge in [0.15, 0.2) is 0 Å². The Hall–Kier alpha value is -1.16. The smallest absolute Gasteiger partial charge is 0.132 e. The fourth-order valence-corrected chi connectivity index (χ4v) is 1.67. The van der Waals surface area contributed by atoms with Crippen LogP contribution in [0.15, 0.2) is 18.6 Å². The summed E-state index contributed by atoms with van der Waals surface area (Å²) in [5.74, 6) is 1.05. The molecule has 1 aliphatic heterocycles. The highest BCUT2D eigenvalue weighted by atomic mass is 15.3. The van der Waals surface area contributed by atoms with E-state index in [0.717, 1.165) is 31.9 Å². The molecule has 0 atom stereocenters. The van der Waals surface area contributed by atoms with Crippen LogP contribution in [0.25, 0.3) is 0 Å². The van der Waals surface area contributed by atoms with E-state index in [-0.39, 0.29) is 0 Å². The minimum Gasteiger partial charge on any atom is -0.351 e. The monoisotopic (exact) mass is 192 g/mol. The lowest BCUT2D eigenvalue weighted by Crippen LogP contribution is -2.57. The number of hydrogen-bond donors (Lipinski definition) is 1. The van der Waals surface area contributed by atoms with Crippen LogP contribution in [0, 0.1) is 0 Å². The molecule has 4 nitrogen and oxygen atoms in total. The lowest BCUT2D eigenvalue weighted by Gasteiger charge is -2.38. The van der Waals surface area contributed by atoms with Crippen molar-refractivity contribution in [3.05, 3.63) is 18.6 Å². The first-order valence-corrected chi connectivity index (χ1v) is 5.15. The van der Waals surface area contributed by atoms with Crippen molar-refractivity contribution in [1.82, 2.24) is 15.3 Å². The van der Waals surface area contributed by atoms with Gasteiger partial charge in [-0.15, -0.1) is 0 Å². The summed E-state index contributed by atoms with van der Waals surface area (Å²) >= 11 is 0. The maximum absolute atomic E-state index is 4.29. The first kappa shape index (κ1) is 9.40. The SMILES string of the molecule is CCCN(c1ccncn1)C1CNC1. The summed E-state index contributed by atoms with van der Waals surface area (Å²) in [7, 11) is 0. The van der Waals surface area contributed by atoms with Crippen molar-refractivity contribution >= 4 is 5.82 Å². The van der Waals surface area contributed by atoms with E-state index in [1.165, 1.54) is 0 Å². The summed E-state index contributed by atoms with van der Waals surface area (Å²) in [6.45, 7) is 5.41. The first-order valence-electron chi connectivity index (χ1n) is 5.15. The van der Waals surface area contributed by atoms with Gasteiger partial charge < -0.3 is 10.2 Å². The molecule has 4 heteroatoms. The third kappa shape index (κ3) is 1.85. The van der Waals surface area contributed by atoms with Crippen molar-refractivity contribution < 1.29 is 0 Å². The minimum atomic E-state index is 0.616. The zero-order valence-corrected chi connectivity index (χ0v) is 8.48. The lowest BCUT2D eigenvalue weighted by atomic mass is 10.1. The predicted octanol–water partition coefficient (Wildman–Crippen LogP) is 0.665. The Morgan fingerprint density at radius 1 is 1.57 bits per heavy atom. The molecule has 0 unspecified atom stereocenters. The van der Waals surface area contributed by atoms with Crippen LogP contribution >= 0.6 is 0 Å². The molecular weight excluding hydrogens is 176 g/mol. The Morgan fingerprint density at radius 3 is 2.93 bits per heavy atom. The van der Waals surface area contributed by atoms with E-state index in [0.29, 0.717) is 6.04 Å². The molecule has 0 aliphatic carbocycles. The Bertz CT molecular complexity index is 271. The maximum Gasteiger partial charge on any atom is 0.132 e. The van der Waals surface area contributed by atoms with Gasteiger partial charge in [-0.1, -0.05) is 6.92 Å². The van der Waals surface area contributed by atoms with Crippen LogP contribution in [0.4, 0.5) is 5.82 Å². The predicted molar refractivity (Wildman–Crippen MR) is 56.3 cm³/mol. The molecule has 0 radical (unpaired) electrons. The molecule has 1 saturated heterocycles. The van der Waals surface area contributed by atoms with E-state index >= 15 is 0 Å². The zero-order chi connectivity index (χ0) is 9.80. The van der Waals surface area contributed by atoms with Gasteiger partial charge in [0.2, 0.25) is 0 Å². The van der Waals surface area contributed by atoms with Crippen LogP contribution in [-0.4, -0.2) is 35.6 Å². The first-order chi connectivity index (χ1) is 6.92. The Labute approximate surface area is 84.4 Å². The van der Waals surface area contributed by atoms with Gasteiger partial charge in [-0.2, -0.15) is 0 Å². The topological polar surface area (TPSA) is 41.1 Å². The quantitative estimate of drug-likeness (QED) is 0.761. The molecule has 14 heavy (non-hydrogen) atoms. The lowest BCUT2D eigenvalue weighted by molar-refractivity contribution is 0.410. The Balaban J connectivity index is 2.09. The molecule has 0 bridgehead atoms. The number of aromatic nitrogens is 2. The standard InChI is InChI=1S/C10H16N4/c1-2-5-14(9-6-12-7-9)10-3-4-11-8-13-10/h3-4,8-9,12H,2,5-7H2,1H3. The van der Waals surface area contributed by atoms with Gasteiger partial charge >= 0.3 is 0 Å². The van der Waals surface area contributed by atoms with Crippen LogP contribution in [0.5, 0.6) is 0 Å². The zero-order valence-electron chi connectivity index (χ0n) is 8.48. The van der Waals surface area contributed by atoms with Gasteiger partial charge in [-0.3, -0.25) is 0 Å². The van der Waals surface area contributed by atoms with Crippen molar-refractivity contribution in [3.63, 3.8) is 0 Å². The average Bonchev–Trinajstić information content (AvgIpc) is 2.16. The largest absolute Gasteiger partial charge is 0.351 e. The summed E-state index contributed by atoms with van der Waals surface area (Å²) in [5.41, 5.74) is 0. The third-order valence-electron chi connectivity index (χ3n) is 2.53. The number of nitrogens with one attached hydrogen (secondary N) is 1. The van der Waals surface area contributed by atoms with Gasteiger partial charge in [-0.05, 0) is 12.5 Å². The van der Waals surface area contributed by atoms with Crippen LogP contribution in [0.3, 0.4) is 0 Å². The summed E-state index contributed by atoms with van der Waals surface area (Å²) in [4.78, 5) is 10.6. The van der Waals surface area contributed by atoms with Crippen LogP contribution < -0.4 is 10.2 Å². The molecule has 0 saturated carbocycles. The van der Waals surface area contributed by atoms with E-state index < -0.39 is 0 Å². The molecule has 0 spiro atoms. The van der Waals surface area contributed by atoms with Gasteiger partial charge in [0.05, 0.1) is 6.04 Å². The molecule has 1 N–H and O–H groups in total. The highest BCUT2D eigenvalue weighted by Gasteiger charge is 2.24. The number of hydrogen-bond acceptors (Lipinski definition) is 4. The van der Waals surface area contributed by atoms with Crippen molar-refractivity contribution in [2.75, 3.05) is 24.5 Å². The average molecular weight is 192 g/mol. The fourth-order valence-electron chi connectivity index (χ4n) is 1.67. The highest BCUT2D eigenvalue weighted by Crippen LogP contribution is 2.15. The summed E-state index contributed by atoms with van der Waals surface area (Å²) in [6.07, 6.45) is 4.57. The van der Waals surface area contributed by atoms with Crippen molar-refractivity contribution in [1.29, 1.82) is 0 Å². The van der Waals surface area contributed by atoms with Crippen molar-refractivity contribution in [2.45, 2.75) is 19.4 Å². The minimum absolute atomic E-state index is 0.616. The van der Waals surface area contributed by atoms with Gasteiger partial charge in [0, 0.05) is 25.8 Å². The number of nitrogens with zero attached hydrogens (tertiary/aromatic N) is 3.